The maximum atomic E-state index is 4.55. The Bertz CT molecular complexity index is 1260. The molecule has 2 aromatic heterocycles. The van der Waals surface area contributed by atoms with E-state index in [1.165, 1.54) is 33.2 Å². The molecule has 5 rings (SSSR count). The Balaban J connectivity index is 1.43. The summed E-state index contributed by atoms with van der Waals surface area (Å²) in [4.78, 5) is 3.39. The number of fused-ring (bicyclic) bond motifs is 1. The molecule has 4 aromatic rings. The lowest BCUT2D eigenvalue weighted by Crippen LogP contribution is -2.33. The molecule has 2 heterocycles. The second kappa shape index (κ2) is 9.32. The van der Waals surface area contributed by atoms with Crippen LogP contribution in [-0.4, -0.2) is 31.7 Å². The van der Waals surface area contributed by atoms with Crippen molar-refractivity contribution in [1.82, 2.24) is 30.5 Å². The molecule has 33 heavy (non-hydrogen) atoms. The Morgan fingerprint density at radius 1 is 1.12 bits per heavy atom. The van der Waals surface area contributed by atoms with Gasteiger partial charge in [-0.1, -0.05) is 48.0 Å². The number of nitrogens with one attached hydrogen (secondary N) is 2. The van der Waals surface area contributed by atoms with E-state index in [1.54, 1.807) is 0 Å². The van der Waals surface area contributed by atoms with Crippen LogP contribution in [0.5, 0.6) is 0 Å². The van der Waals surface area contributed by atoms with Crippen LogP contribution in [0.15, 0.2) is 54.7 Å². The summed E-state index contributed by atoms with van der Waals surface area (Å²) >= 11 is 0. The first kappa shape index (κ1) is 21.6. The number of hydrogen-bond acceptors (Lipinski definition) is 4. The van der Waals surface area contributed by atoms with Gasteiger partial charge < -0.3 is 10.3 Å². The van der Waals surface area contributed by atoms with E-state index in [0.717, 1.165) is 43.7 Å². The van der Waals surface area contributed by atoms with Crippen molar-refractivity contribution in [2.24, 2.45) is 5.92 Å². The Labute approximate surface area is 195 Å². The average Bonchev–Trinajstić information content (AvgIpc) is 3.44. The number of H-pyrrole nitrogens is 1. The Kier molecular flexibility index (Phi) is 6.09. The van der Waals surface area contributed by atoms with Crippen LogP contribution >= 0.6 is 0 Å². The van der Waals surface area contributed by atoms with Gasteiger partial charge in [0.2, 0.25) is 0 Å². The maximum Gasteiger partial charge on any atom is 0.173 e. The largest absolute Gasteiger partial charge is 0.361 e. The van der Waals surface area contributed by atoms with Crippen LogP contribution in [-0.2, 0) is 6.42 Å². The highest BCUT2D eigenvalue weighted by molar-refractivity contribution is 5.83. The molecule has 6 heteroatoms. The molecule has 2 aromatic carbocycles. The predicted octanol–water partition coefficient (Wildman–Crippen LogP) is 5.30. The van der Waals surface area contributed by atoms with E-state index in [0.29, 0.717) is 5.92 Å². The summed E-state index contributed by atoms with van der Waals surface area (Å²) in [5, 5.41) is 18.3. The summed E-state index contributed by atoms with van der Waals surface area (Å²) in [7, 11) is 0. The number of aromatic nitrogens is 5. The number of rotatable bonds is 7. The molecule has 0 radical (unpaired) electrons. The number of para-hydroxylation sites is 1. The molecule has 0 fully saturated rings. The van der Waals surface area contributed by atoms with Crippen molar-refractivity contribution in [1.29, 1.82) is 0 Å². The van der Waals surface area contributed by atoms with Gasteiger partial charge in [0.25, 0.3) is 0 Å². The smallest absolute Gasteiger partial charge is 0.173 e. The standard InChI is InChI=1S/C27H32N6/c1-18-15-19(2)26(20(3)16-18)33-27(30-31-32-33)25(21-9-5-4-6-10-21)28-14-13-22-17-29-24-12-8-7-11-23(22)24/h4-5,7-8,11-12,15-17,21,25,28-29H,6,9-10,13-14H2,1-3H3/t21-,25+/m1/s1. The van der Waals surface area contributed by atoms with Gasteiger partial charge in [0.1, 0.15) is 0 Å². The Morgan fingerprint density at radius 3 is 2.73 bits per heavy atom. The van der Waals surface area contributed by atoms with E-state index in [2.05, 4.69) is 101 Å². The monoisotopic (exact) mass is 440 g/mol. The number of benzene rings is 2. The minimum atomic E-state index is 0.0928. The van der Waals surface area contributed by atoms with Crippen molar-refractivity contribution in [2.75, 3.05) is 6.54 Å². The van der Waals surface area contributed by atoms with Gasteiger partial charge in [-0.05, 0) is 92.1 Å². The third kappa shape index (κ3) is 4.35. The van der Waals surface area contributed by atoms with E-state index in [-0.39, 0.29) is 6.04 Å². The van der Waals surface area contributed by atoms with Gasteiger partial charge in [-0.25, -0.2) is 0 Å². The van der Waals surface area contributed by atoms with Gasteiger partial charge in [0.15, 0.2) is 5.82 Å². The third-order valence-corrected chi connectivity index (χ3v) is 6.83. The van der Waals surface area contributed by atoms with E-state index >= 15 is 0 Å². The minimum Gasteiger partial charge on any atom is -0.361 e. The van der Waals surface area contributed by atoms with E-state index in [9.17, 15) is 0 Å². The third-order valence-electron chi connectivity index (χ3n) is 6.83. The fourth-order valence-electron chi connectivity index (χ4n) is 5.34. The lowest BCUT2D eigenvalue weighted by molar-refractivity contribution is 0.321. The van der Waals surface area contributed by atoms with Crippen LogP contribution in [0.25, 0.3) is 16.6 Å². The van der Waals surface area contributed by atoms with Crippen molar-refractivity contribution in [3.05, 3.63) is 82.8 Å². The lowest BCUT2D eigenvalue weighted by Gasteiger charge is -2.28. The topological polar surface area (TPSA) is 71.4 Å². The quantitative estimate of drug-likeness (QED) is 0.383. The predicted molar refractivity (Wildman–Crippen MR) is 133 cm³/mol. The molecule has 1 aliphatic carbocycles. The molecule has 0 saturated heterocycles. The van der Waals surface area contributed by atoms with Crippen molar-refractivity contribution in [3.63, 3.8) is 0 Å². The molecule has 2 atom stereocenters. The lowest BCUT2D eigenvalue weighted by atomic mass is 9.87. The number of allylic oxidation sites excluding steroid dienone is 2. The molecule has 0 unspecified atom stereocenters. The van der Waals surface area contributed by atoms with Crippen LogP contribution in [0, 0.1) is 26.7 Å². The Morgan fingerprint density at radius 2 is 1.94 bits per heavy atom. The average molecular weight is 441 g/mol. The van der Waals surface area contributed by atoms with Crippen LogP contribution < -0.4 is 5.32 Å². The number of tetrazole rings is 1. The molecule has 0 saturated carbocycles. The maximum absolute atomic E-state index is 4.55. The first-order valence-electron chi connectivity index (χ1n) is 11.9. The number of nitrogens with zero attached hydrogens (tertiary/aromatic N) is 4. The van der Waals surface area contributed by atoms with Crippen LogP contribution in [0.1, 0.15) is 53.4 Å². The number of aromatic amines is 1. The van der Waals surface area contributed by atoms with Gasteiger partial charge in [-0.3, -0.25) is 0 Å². The van der Waals surface area contributed by atoms with E-state index in [1.807, 2.05) is 4.68 Å². The van der Waals surface area contributed by atoms with Crippen molar-refractivity contribution >= 4 is 10.9 Å². The van der Waals surface area contributed by atoms with E-state index in [4.69, 9.17) is 0 Å². The number of hydrogen-bond donors (Lipinski definition) is 2. The molecule has 0 bridgehead atoms. The van der Waals surface area contributed by atoms with Crippen LogP contribution in [0.2, 0.25) is 0 Å². The molecule has 0 amide bonds. The first-order valence-corrected chi connectivity index (χ1v) is 11.9. The fraction of sp³-hybridized carbons (Fsp3) is 0.370. The van der Waals surface area contributed by atoms with Crippen molar-refractivity contribution in [3.8, 4) is 5.69 Å². The van der Waals surface area contributed by atoms with Gasteiger partial charge in [0.05, 0.1) is 11.7 Å². The van der Waals surface area contributed by atoms with Crippen LogP contribution in [0.3, 0.4) is 0 Å². The number of aryl methyl sites for hydroxylation is 3. The SMILES string of the molecule is Cc1cc(C)c(-n2nnnc2[C@@H](NCCc2c[nH]c3ccccc23)[C@@H]2CC=CCC2)c(C)c1. The zero-order valence-corrected chi connectivity index (χ0v) is 19.7. The summed E-state index contributed by atoms with van der Waals surface area (Å²) in [5.41, 5.74) is 7.27. The fourth-order valence-corrected chi connectivity index (χ4v) is 5.34. The van der Waals surface area contributed by atoms with Crippen molar-refractivity contribution < 1.29 is 0 Å². The molecule has 2 N–H and O–H groups in total. The van der Waals surface area contributed by atoms with Gasteiger partial charge in [0, 0.05) is 17.1 Å². The highest BCUT2D eigenvalue weighted by Gasteiger charge is 2.29. The van der Waals surface area contributed by atoms with E-state index < -0.39 is 0 Å². The molecule has 6 nitrogen and oxygen atoms in total. The van der Waals surface area contributed by atoms with Gasteiger partial charge in [-0.2, -0.15) is 4.68 Å². The summed E-state index contributed by atoms with van der Waals surface area (Å²) in [6.45, 7) is 7.28. The Hall–Kier alpha value is -3.25. The second-order valence-corrected chi connectivity index (χ2v) is 9.28. The zero-order chi connectivity index (χ0) is 22.8. The summed E-state index contributed by atoms with van der Waals surface area (Å²) < 4.78 is 1.96. The van der Waals surface area contributed by atoms with Crippen molar-refractivity contribution in [2.45, 2.75) is 52.5 Å². The molecule has 0 aliphatic heterocycles. The summed E-state index contributed by atoms with van der Waals surface area (Å²) in [6, 6.07) is 13.0. The summed E-state index contributed by atoms with van der Waals surface area (Å²) in [6.07, 6.45) is 11.0. The summed E-state index contributed by atoms with van der Waals surface area (Å²) in [5.74, 6) is 1.37. The minimum absolute atomic E-state index is 0.0928. The first-order chi connectivity index (χ1) is 16.1. The molecular formula is C27H32N6. The van der Waals surface area contributed by atoms with Crippen LogP contribution in [0.4, 0.5) is 0 Å². The molecule has 170 valence electrons. The highest BCUT2D eigenvalue weighted by Crippen LogP contribution is 2.32. The van der Waals surface area contributed by atoms with Gasteiger partial charge in [-0.15, -0.1) is 5.10 Å². The zero-order valence-electron chi connectivity index (χ0n) is 19.7. The normalized spacial score (nSPS) is 17.0. The second-order valence-electron chi connectivity index (χ2n) is 9.28. The molecular weight excluding hydrogens is 408 g/mol. The molecule has 0 spiro atoms. The van der Waals surface area contributed by atoms with Gasteiger partial charge >= 0.3 is 0 Å². The highest BCUT2D eigenvalue weighted by atomic mass is 15.5. The molecule has 1 aliphatic rings.